The fraction of sp³-hybridized carbons (Fsp3) is 0.345. The third kappa shape index (κ3) is 5.45. The molecule has 0 radical (unpaired) electrons. The lowest BCUT2D eigenvalue weighted by atomic mass is 9.89. The van der Waals surface area contributed by atoms with Crippen molar-refractivity contribution in [1.29, 1.82) is 0 Å². The number of allylic oxidation sites excluding steroid dienone is 3. The zero-order valence-corrected chi connectivity index (χ0v) is 21.4. The first-order chi connectivity index (χ1) is 17.5. The molecule has 6 nitrogen and oxygen atoms in total. The van der Waals surface area contributed by atoms with Gasteiger partial charge in [0.25, 0.3) is 5.91 Å². The summed E-state index contributed by atoms with van der Waals surface area (Å²) >= 11 is 6.64. The van der Waals surface area contributed by atoms with Crippen molar-refractivity contribution in [3.8, 4) is 0 Å². The summed E-state index contributed by atoms with van der Waals surface area (Å²) in [5.41, 5.74) is 7.03. The van der Waals surface area contributed by atoms with Crippen molar-refractivity contribution in [3.05, 3.63) is 93.2 Å². The molecular weight excluding hydrogens is 472 g/mol. The van der Waals surface area contributed by atoms with Gasteiger partial charge in [0, 0.05) is 80.9 Å². The number of hydrogen-bond acceptors (Lipinski definition) is 4. The standard InChI is InChI=1S/C29H31ClN4O2/c1-20(35)34-16-14-33(15-17-34)19-21-6-8-23(9-7-21)29(36)32-24-10-11-27(30)26(18-24)28-25-5-3-2-4-22(25)12-13-31-28/h2-10H,11-19H2,1H3,(H,32,36). The van der Waals surface area contributed by atoms with Crippen LogP contribution in [0.15, 0.2) is 75.9 Å². The third-order valence-electron chi connectivity index (χ3n) is 7.15. The molecule has 1 aliphatic carbocycles. The van der Waals surface area contributed by atoms with E-state index in [4.69, 9.17) is 16.6 Å². The van der Waals surface area contributed by atoms with Gasteiger partial charge < -0.3 is 10.2 Å². The van der Waals surface area contributed by atoms with Crippen LogP contribution < -0.4 is 5.32 Å². The van der Waals surface area contributed by atoms with Crippen molar-refractivity contribution in [2.75, 3.05) is 32.7 Å². The summed E-state index contributed by atoms with van der Waals surface area (Å²) in [5, 5.41) is 3.88. The lowest BCUT2D eigenvalue weighted by Crippen LogP contribution is -2.47. The number of fused-ring (bicyclic) bond motifs is 1. The quantitative estimate of drug-likeness (QED) is 0.663. The van der Waals surface area contributed by atoms with E-state index < -0.39 is 0 Å². The Hall–Kier alpha value is -3.22. The molecule has 2 aliphatic heterocycles. The van der Waals surface area contributed by atoms with Crippen LogP contribution >= 0.6 is 11.6 Å². The minimum Gasteiger partial charge on any atom is -0.340 e. The average Bonchev–Trinajstić information content (AvgIpc) is 2.90. The van der Waals surface area contributed by atoms with E-state index >= 15 is 0 Å². The molecule has 2 aromatic carbocycles. The maximum atomic E-state index is 13.0. The topological polar surface area (TPSA) is 65.0 Å². The number of piperazine rings is 1. The summed E-state index contributed by atoms with van der Waals surface area (Å²) in [5.74, 6) is 0.0192. The van der Waals surface area contributed by atoms with Crippen molar-refractivity contribution in [3.63, 3.8) is 0 Å². The molecular formula is C29H31ClN4O2. The molecule has 1 fully saturated rings. The molecule has 0 unspecified atom stereocenters. The Kier molecular flexibility index (Phi) is 7.35. The van der Waals surface area contributed by atoms with Gasteiger partial charge in [-0.05, 0) is 35.3 Å². The van der Waals surface area contributed by atoms with Gasteiger partial charge in [0.15, 0.2) is 0 Å². The average molecular weight is 503 g/mol. The Morgan fingerprint density at radius 3 is 2.53 bits per heavy atom. The van der Waals surface area contributed by atoms with E-state index in [9.17, 15) is 9.59 Å². The maximum Gasteiger partial charge on any atom is 0.255 e. The number of carbonyl (C=O) groups excluding carboxylic acids is 2. The van der Waals surface area contributed by atoms with Gasteiger partial charge in [0.05, 0.1) is 5.71 Å². The Labute approximate surface area is 217 Å². The Bertz CT molecular complexity index is 1250. The molecule has 2 heterocycles. The number of amides is 2. The lowest BCUT2D eigenvalue weighted by Gasteiger charge is -2.34. The second-order valence-corrected chi connectivity index (χ2v) is 10.0. The van der Waals surface area contributed by atoms with Crippen molar-refractivity contribution in [1.82, 2.24) is 15.1 Å². The minimum atomic E-state index is -0.119. The van der Waals surface area contributed by atoms with Gasteiger partial charge in [-0.25, -0.2) is 0 Å². The van der Waals surface area contributed by atoms with E-state index in [-0.39, 0.29) is 11.8 Å². The second-order valence-electron chi connectivity index (χ2n) is 9.56. The number of nitrogens with one attached hydrogen (secondary N) is 1. The van der Waals surface area contributed by atoms with Crippen LogP contribution in [0.2, 0.25) is 0 Å². The molecule has 3 aliphatic rings. The third-order valence-corrected chi connectivity index (χ3v) is 7.53. The van der Waals surface area contributed by atoms with Crippen LogP contribution in [0.3, 0.4) is 0 Å². The van der Waals surface area contributed by atoms with Crippen LogP contribution in [0.25, 0.3) is 0 Å². The van der Waals surface area contributed by atoms with Gasteiger partial charge in [-0.1, -0.05) is 54.1 Å². The van der Waals surface area contributed by atoms with Crippen molar-refractivity contribution in [2.24, 2.45) is 4.99 Å². The Balaban J connectivity index is 1.19. The smallest absolute Gasteiger partial charge is 0.255 e. The molecule has 0 aromatic heterocycles. The van der Waals surface area contributed by atoms with Gasteiger partial charge in [0.2, 0.25) is 5.91 Å². The van der Waals surface area contributed by atoms with E-state index in [1.54, 1.807) is 6.92 Å². The predicted octanol–water partition coefficient (Wildman–Crippen LogP) is 4.30. The van der Waals surface area contributed by atoms with Crippen LogP contribution in [-0.4, -0.2) is 60.0 Å². The monoisotopic (exact) mass is 502 g/mol. The molecule has 2 aromatic rings. The number of aliphatic imine (C=N–C) groups is 1. The highest BCUT2D eigenvalue weighted by Crippen LogP contribution is 2.32. The van der Waals surface area contributed by atoms with Crippen molar-refractivity contribution >= 4 is 29.1 Å². The van der Waals surface area contributed by atoms with Crippen LogP contribution in [-0.2, 0) is 17.8 Å². The first-order valence-corrected chi connectivity index (χ1v) is 12.9. The Morgan fingerprint density at radius 1 is 1.03 bits per heavy atom. The van der Waals surface area contributed by atoms with E-state index in [2.05, 4.69) is 28.4 Å². The normalized spacial score (nSPS) is 18.3. The molecule has 0 saturated carbocycles. The number of halogens is 1. The second kappa shape index (κ2) is 10.8. The predicted molar refractivity (Wildman–Crippen MR) is 143 cm³/mol. The summed E-state index contributed by atoms with van der Waals surface area (Å²) in [6.45, 7) is 6.46. The Morgan fingerprint density at radius 2 is 1.78 bits per heavy atom. The zero-order valence-electron chi connectivity index (χ0n) is 20.6. The van der Waals surface area contributed by atoms with E-state index in [1.165, 1.54) is 5.56 Å². The minimum absolute atomic E-state index is 0.119. The number of hydrogen-bond donors (Lipinski definition) is 1. The SMILES string of the molecule is CC(=O)N1CCN(Cc2ccc(C(=O)NC3=CCC(Cl)=C(C4=NCCc5ccccc54)C3)cc2)CC1. The summed E-state index contributed by atoms with van der Waals surface area (Å²) in [4.78, 5) is 33.5. The van der Waals surface area contributed by atoms with E-state index in [1.807, 2.05) is 41.3 Å². The van der Waals surface area contributed by atoms with Gasteiger partial charge in [0.1, 0.15) is 0 Å². The van der Waals surface area contributed by atoms with Crippen LogP contribution in [0.1, 0.15) is 46.8 Å². The molecule has 1 N–H and O–H groups in total. The maximum absolute atomic E-state index is 13.0. The van der Waals surface area contributed by atoms with Gasteiger partial charge >= 0.3 is 0 Å². The molecule has 186 valence electrons. The van der Waals surface area contributed by atoms with Gasteiger partial charge in [-0.3, -0.25) is 19.5 Å². The summed E-state index contributed by atoms with van der Waals surface area (Å²) < 4.78 is 0. The summed E-state index contributed by atoms with van der Waals surface area (Å²) in [6, 6.07) is 16.1. The molecule has 0 spiro atoms. The molecule has 2 amide bonds. The number of nitrogens with zero attached hydrogens (tertiary/aromatic N) is 3. The highest BCUT2D eigenvalue weighted by atomic mass is 35.5. The largest absolute Gasteiger partial charge is 0.340 e. The molecule has 36 heavy (non-hydrogen) atoms. The van der Waals surface area contributed by atoms with Crippen LogP contribution in [0, 0.1) is 0 Å². The fourth-order valence-corrected chi connectivity index (χ4v) is 5.29. The number of carbonyl (C=O) groups is 2. The van der Waals surface area contributed by atoms with Crippen molar-refractivity contribution in [2.45, 2.75) is 32.7 Å². The lowest BCUT2D eigenvalue weighted by molar-refractivity contribution is -0.130. The number of benzene rings is 2. The molecule has 5 rings (SSSR count). The number of rotatable bonds is 5. The first kappa shape index (κ1) is 24.5. The molecule has 0 bridgehead atoms. The fourth-order valence-electron chi connectivity index (χ4n) is 5.06. The van der Waals surface area contributed by atoms with Crippen LogP contribution in [0.5, 0.6) is 0 Å². The highest BCUT2D eigenvalue weighted by Gasteiger charge is 2.24. The van der Waals surface area contributed by atoms with Gasteiger partial charge in [-0.2, -0.15) is 0 Å². The first-order valence-electron chi connectivity index (χ1n) is 12.6. The summed E-state index contributed by atoms with van der Waals surface area (Å²) in [6.07, 6.45) is 4.08. The molecule has 7 heteroatoms. The zero-order chi connectivity index (χ0) is 25.1. The highest BCUT2D eigenvalue weighted by molar-refractivity contribution is 6.34. The van der Waals surface area contributed by atoms with Gasteiger partial charge in [-0.15, -0.1) is 0 Å². The van der Waals surface area contributed by atoms with E-state index in [0.29, 0.717) is 18.4 Å². The van der Waals surface area contributed by atoms with Crippen molar-refractivity contribution < 1.29 is 9.59 Å². The molecule has 0 atom stereocenters. The summed E-state index contributed by atoms with van der Waals surface area (Å²) in [7, 11) is 0. The van der Waals surface area contributed by atoms with E-state index in [0.717, 1.165) is 78.8 Å². The van der Waals surface area contributed by atoms with Crippen LogP contribution in [0.4, 0.5) is 0 Å². The molecule has 1 saturated heterocycles.